The Hall–Kier alpha value is -1.42. The summed E-state index contributed by atoms with van der Waals surface area (Å²) in [5, 5.41) is 3.37. The first-order chi connectivity index (χ1) is 11.8. The van der Waals surface area contributed by atoms with Gasteiger partial charge in [0.2, 0.25) is 5.91 Å². The van der Waals surface area contributed by atoms with E-state index in [1.807, 2.05) is 12.4 Å². The average Bonchev–Trinajstić information content (AvgIpc) is 3.25. The van der Waals surface area contributed by atoms with Crippen LogP contribution in [0, 0.1) is 17.8 Å². The van der Waals surface area contributed by atoms with Crippen LogP contribution in [-0.4, -0.2) is 41.5 Å². The van der Waals surface area contributed by atoms with Crippen molar-refractivity contribution in [1.29, 1.82) is 0 Å². The van der Waals surface area contributed by atoms with E-state index in [1.165, 1.54) is 24.8 Å². The van der Waals surface area contributed by atoms with Gasteiger partial charge in [0.15, 0.2) is 0 Å². The number of pyridine rings is 1. The summed E-state index contributed by atoms with van der Waals surface area (Å²) in [6.07, 6.45) is 12.1. The molecule has 0 spiro atoms. The summed E-state index contributed by atoms with van der Waals surface area (Å²) in [6.45, 7) is 3.32. The number of fused-ring (bicyclic) bond motifs is 2. The molecule has 2 aliphatic carbocycles. The van der Waals surface area contributed by atoms with Gasteiger partial charge in [-0.15, -0.1) is 0 Å². The SMILES string of the molecule is O=C(NC1CCN(CCc2ccncc2)CC1)C1CC2CCC1C2. The molecule has 3 fully saturated rings. The maximum Gasteiger partial charge on any atom is 0.223 e. The number of nitrogens with zero attached hydrogens (tertiary/aromatic N) is 2. The molecular weight excluding hydrogens is 298 g/mol. The highest BCUT2D eigenvalue weighted by Gasteiger charge is 2.43. The monoisotopic (exact) mass is 327 g/mol. The average molecular weight is 327 g/mol. The molecule has 0 aromatic carbocycles. The fourth-order valence-corrected chi connectivity index (χ4v) is 5.01. The number of rotatable bonds is 5. The highest BCUT2D eigenvalue weighted by molar-refractivity contribution is 5.79. The molecule has 4 rings (SSSR count). The maximum absolute atomic E-state index is 12.6. The van der Waals surface area contributed by atoms with Crippen molar-refractivity contribution in [3.63, 3.8) is 0 Å². The lowest BCUT2D eigenvalue weighted by Crippen LogP contribution is -2.47. The summed E-state index contributed by atoms with van der Waals surface area (Å²) in [5.41, 5.74) is 1.36. The molecule has 3 unspecified atom stereocenters. The number of amides is 1. The minimum absolute atomic E-state index is 0.327. The molecule has 2 bridgehead atoms. The molecule has 130 valence electrons. The van der Waals surface area contributed by atoms with Gasteiger partial charge in [-0.2, -0.15) is 0 Å². The quantitative estimate of drug-likeness (QED) is 0.904. The molecule has 4 nitrogen and oxygen atoms in total. The summed E-state index contributed by atoms with van der Waals surface area (Å²) in [7, 11) is 0. The van der Waals surface area contributed by atoms with E-state index in [9.17, 15) is 4.79 Å². The molecule has 24 heavy (non-hydrogen) atoms. The number of nitrogens with one attached hydrogen (secondary N) is 1. The molecule has 1 aliphatic heterocycles. The molecule has 2 saturated carbocycles. The summed E-state index contributed by atoms with van der Waals surface area (Å²) in [6, 6.07) is 4.60. The zero-order valence-corrected chi connectivity index (χ0v) is 14.5. The Bertz CT molecular complexity index is 553. The van der Waals surface area contributed by atoms with E-state index in [1.54, 1.807) is 0 Å². The first-order valence-electron chi connectivity index (χ1n) is 9.69. The van der Waals surface area contributed by atoms with E-state index < -0.39 is 0 Å². The number of likely N-dealkylation sites (tertiary alicyclic amines) is 1. The van der Waals surface area contributed by atoms with Crippen LogP contribution >= 0.6 is 0 Å². The molecule has 1 saturated heterocycles. The second-order valence-electron chi connectivity index (χ2n) is 8.01. The minimum Gasteiger partial charge on any atom is -0.353 e. The van der Waals surface area contributed by atoms with Crippen LogP contribution in [-0.2, 0) is 11.2 Å². The van der Waals surface area contributed by atoms with Gasteiger partial charge in [0.1, 0.15) is 0 Å². The van der Waals surface area contributed by atoms with Gasteiger partial charge in [0.25, 0.3) is 0 Å². The Morgan fingerprint density at radius 3 is 2.58 bits per heavy atom. The lowest BCUT2D eigenvalue weighted by atomic mass is 9.87. The van der Waals surface area contributed by atoms with Crippen LogP contribution in [0.15, 0.2) is 24.5 Å². The smallest absolute Gasteiger partial charge is 0.223 e. The van der Waals surface area contributed by atoms with E-state index in [4.69, 9.17) is 0 Å². The molecule has 3 aliphatic rings. The van der Waals surface area contributed by atoms with Crippen LogP contribution in [0.3, 0.4) is 0 Å². The number of hydrogen-bond acceptors (Lipinski definition) is 3. The van der Waals surface area contributed by atoms with Crippen molar-refractivity contribution in [3.8, 4) is 0 Å². The summed E-state index contributed by atoms with van der Waals surface area (Å²) >= 11 is 0. The van der Waals surface area contributed by atoms with E-state index >= 15 is 0 Å². The number of carbonyl (C=O) groups excluding carboxylic acids is 1. The zero-order chi connectivity index (χ0) is 16.4. The Balaban J connectivity index is 1.18. The third kappa shape index (κ3) is 3.64. The summed E-state index contributed by atoms with van der Waals surface area (Å²) < 4.78 is 0. The highest BCUT2D eigenvalue weighted by Crippen LogP contribution is 2.48. The topological polar surface area (TPSA) is 45.2 Å². The Morgan fingerprint density at radius 1 is 1.12 bits per heavy atom. The second-order valence-corrected chi connectivity index (χ2v) is 8.01. The van der Waals surface area contributed by atoms with Crippen LogP contribution in [0.5, 0.6) is 0 Å². The third-order valence-electron chi connectivity index (χ3n) is 6.47. The maximum atomic E-state index is 12.6. The normalized spacial score (nSPS) is 30.6. The van der Waals surface area contributed by atoms with E-state index in [-0.39, 0.29) is 0 Å². The van der Waals surface area contributed by atoms with Gasteiger partial charge in [0, 0.05) is 44.0 Å². The molecule has 1 aromatic rings. The van der Waals surface area contributed by atoms with Crippen molar-refractivity contribution in [2.24, 2.45) is 17.8 Å². The zero-order valence-electron chi connectivity index (χ0n) is 14.5. The Labute approximate surface area is 145 Å². The second kappa shape index (κ2) is 7.22. The molecule has 2 heterocycles. The van der Waals surface area contributed by atoms with Crippen LogP contribution in [0.4, 0.5) is 0 Å². The fourth-order valence-electron chi connectivity index (χ4n) is 5.01. The first kappa shape index (κ1) is 16.1. The number of piperidine rings is 1. The molecule has 1 amide bonds. The van der Waals surface area contributed by atoms with Crippen molar-refractivity contribution in [2.45, 2.75) is 51.0 Å². The minimum atomic E-state index is 0.327. The highest BCUT2D eigenvalue weighted by atomic mass is 16.2. The lowest BCUT2D eigenvalue weighted by molar-refractivity contribution is -0.127. The van der Waals surface area contributed by atoms with Crippen LogP contribution in [0.1, 0.15) is 44.1 Å². The molecular formula is C20H29N3O. The number of aromatic nitrogens is 1. The first-order valence-corrected chi connectivity index (χ1v) is 9.69. The summed E-state index contributed by atoms with van der Waals surface area (Å²) in [5.74, 6) is 2.22. The van der Waals surface area contributed by atoms with Gasteiger partial charge < -0.3 is 10.2 Å². The van der Waals surface area contributed by atoms with Crippen LogP contribution in [0.2, 0.25) is 0 Å². The molecule has 1 N–H and O–H groups in total. The van der Waals surface area contributed by atoms with Gasteiger partial charge >= 0.3 is 0 Å². The van der Waals surface area contributed by atoms with Crippen molar-refractivity contribution >= 4 is 5.91 Å². The Morgan fingerprint density at radius 2 is 1.92 bits per heavy atom. The van der Waals surface area contributed by atoms with Crippen molar-refractivity contribution in [1.82, 2.24) is 15.2 Å². The fraction of sp³-hybridized carbons (Fsp3) is 0.700. The molecule has 3 atom stereocenters. The van der Waals surface area contributed by atoms with Gasteiger partial charge in [-0.1, -0.05) is 6.42 Å². The van der Waals surface area contributed by atoms with Gasteiger partial charge in [-0.3, -0.25) is 9.78 Å². The van der Waals surface area contributed by atoms with E-state index in [2.05, 4.69) is 27.3 Å². The van der Waals surface area contributed by atoms with Gasteiger partial charge in [-0.05, 0) is 68.1 Å². The Kier molecular flexibility index (Phi) is 4.83. The standard InChI is InChI=1S/C20H29N3O/c24-20(19-14-16-1-2-17(19)13-16)22-18-6-11-23(12-7-18)10-5-15-3-8-21-9-4-15/h3-4,8-9,16-19H,1-2,5-7,10-14H2,(H,22,24). The van der Waals surface area contributed by atoms with Crippen molar-refractivity contribution in [2.75, 3.05) is 19.6 Å². The molecule has 1 aromatic heterocycles. The summed E-state index contributed by atoms with van der Waals surface area (Å²) in [4.78, 5) is 19.2. The largest absolute Gasteiger partial charge is 0.353 e. The third-order valence-corrected chi connectivity index (χ3v) is 6.47. The van der Waals surface area contributed by atoms with E-state index in [0.29, 0.717) is 23.8 Å². The van der Waals surface area contributed by atoms with Crippen molar-refractivity contribution in [3.05, 3.63) is 30.1 Å². The van der Waals surface area contributed by atoms with E-state index in [0.717, 1.165) is 51.2 Å². The molecule has 4 heteroatoms. The van der Waals surface area contributed by atoms with Crippen molar-refractivity contribution < 1.29 is 4.79 Å². The van der Waals surface area contributed by atoms with Gasteiger partial charge in [-0.25, -0.2) is 0 Å². The predicted molar refractivity (Wildman–Crippen MR) is 94.5 cm³/mol. The van der Waals surface area contributed by atoms with Crippen LogP contribution < -0.4 is 5.32 Å². The lowest BCUT2D eigenvalue weighted by Gasteiger charge is -2.33. The number of hydrogen-bond donors (Lipinski definition) is 1. The van der Waals surface area contributed by atoms with Gasteiger partial charge in [0.05, 0.1) is 0 Å². The number of carbonyl (C=O) groups is 1. The van der Waals surface area contributed by atoms with Crippen LogP contribution in [0.25, 0.3) is 0 Å². The predicted octanol–water partition coefficient (Wildman–Crippen LogP) is 2.64. The molecule has 0 radical (unpaired) electrons.